The van der Waals surface area contributed by atoms with Crippen LogP contribution in [-0.2, 0) is 6.42 Å². The van der Waals surface area contributed by atoms with Crippen molar-refractivity contribution >= 4 is 139 Å². The van der Waals surface area contributed by atoms with Crippen LogP contribution in [0.3, 0.4) is 0 Å². The highest BCUT2D eigenvalue weighted by Gasteiger charge is 2.24. The molecule has 0 saturated heterocycles. The zero-order valence-electron chi connectivity index (χ0n) is 35.9. The van der Waals surface area contributed by atoms with Gasteiger partial charge in [0.25, 0.3) is 0 Å². The third-order valence-electron chi connectivity index (χ3n) is 12.8. The van der Waals surface area contributed by atoms with Gasteiger partial charge in [-0.2, -0.15) is 0 Å². The summed E-state index contributed by atoms with van der Waals surface area (Å²) in [5.41, 5.74) is 14.4. The second-order valence-corrected chi connectivity index (χ2v) is 21.8. The van der Waals surface area contributed by atoms with Gasteiger partial charge in [0.05, 0.1) is 20.4 Å². The SMILES string of the molecule is Brc1cc2c(c3c1sc1ccccc13)Cc1ccccc1-2.Brc1cc2c3ccccc3n(-c3ccc(-c4ccccc4)cc3)c2c2c1sc1ccccc12.Ic1ccc(-c2ccccc2)cc1. The lowest BCUT2D eigenvalue weighted by molar-refractivity contribution is 1.19. The summed E-state index contributed by atoms with van der Waals surface area (Å²) >= 11 is 13.7. The Labute approximate surface area is 427 Å². The third kappa shape index (κ3) is 7.73. The molecule has 13 aromatic rings. The van der Waals surface area contributed by atoms with Gasteiger partial charge in [0.2, 0.25) is 0 Å². The molecule has 0 radical (unpaired) electrons. The summed E-state index contributed by atoms with van der Waals surface area (Å²) in [4.78, 5) is 0. The Hall–Kier alpha value is -5.87. The summed E-state index contributed by atoms with van der Waals surface area (Å²) in [6.07, 6.45) is 1.05. The molecule has 10 aromatic carbocycles. The molecule has 0 atom stereocenters. The van der Waals surface area contributed by atoms with Crippen LogP contribution in [-0.4, -0.2) is 4.57 Å². The van der Waals surface area contributed by atoms with E-state index in [1.807, 2.05) is 28.7 Å². The molecule has 0 saturated carbocycles. The number of hydrogen-bond acceptors (Lipinski definition) is 2. The van der Waals surface area contributed by atoms with E-state index >= 15 is 0 Å². The number of rotatable bonds is 3. The van der Waals surface area contributed by atoms with Crippen LogP contribution in [0.25, 0.3) is 101 Å². The summed E-state index contributed by atoms with van der Waals surface area (Å²) in [5.74, 6) is 0. The fourth-order valence-electron chi connectivity index (χ4n) is 9.75. The molecule has 0 bridgehead atoms. The number of aromatic nitrogens is 1. The number of nitrogens with zero attached hydrogens (tertiary/aromatic N) is 1. The average Bonchev–Trinajstić information content (AvgIpc) is 4.15. The van der Waals surface area contributed by atoms with Crippen molar-refractivity contribution in [3.8, 4) is 39.1 Å². The fourth-order valence-corrected chi connectivity index (χ4v) is 13.7. The second kappa shape index (κ2) is 18.0. The molecule has 0 N–H and O–H groups in total. The molecule has 1 aliphatic carbocycles. The summed E-state index contributed by atoms with van der Waals surface area (Å²) < 4.78 is 11.5. The van der Waals surface area contributed by atoms with Gasteiger partial charge in [0, 0.05) is 59.9 Å². The van der Waals surface area contributed by atoms with Crippen molar-refractivity contribution in [2.45, 2.75) is 6.42 Å². The van der Waals surface area contributed by atoms with Gasteiger partial charge in [-0.25, -0.2) is 0 Å². The molecule has 67 heavy (non-hydrogen) atoms. The smallest absolute Gasteiger partial charge is 0.0635 e. The molecule has 14 rings (SSSR count). The first kappa shape index (κ1) is 42.5. The molecule has 6 heteroatoms. The van der Waals surface area contributed by atoms with Gasteiger partial charge in [-0.15, -0.1) is 22.7 Å². The molecule has 0 spiro atoms. The van der Waals surface area contributed by atoms with Gasteiger partial charge in [0.15, 0.2) is 0 Å². The summed E-state index contributed by atoms with van der Waals surface area (Å²) in [7, 11) is 0. The lowest BCUT2D eigenvalue weighted by atomic mass is 10.0. The van der Waals surface area contributed by atoms with Crippen molar-refractivity contribution in [2.24, 2.45) is 0 Å². The minimum absolute atomic E-state index is 1.05. The summed E-state index contributed by atoms with van der Waals surface area (Å²) in [6, 6.07) is 78.1. The van der Waals surface area contributed by atoms with E-state index in [1.54, 1.807) is 0 Å². The van der Waals surface area contributed by atoms with Crippen molar-refractivity contribution < 1.29 is 0 Å². The highest BCUT2D eigenvalue weighted by molar-refractivity contribution is 14.1. The quantitative estimate of drug-likeness (QED) is 0.155. The van der Waals surface area contributed by atoms with E-state index in [4.69, 9.17) is 0 Å². The number of hydrogen-bond donors (Lipinski definition) is 0. The van der Waals surface area contributed by atoms with Crippen LogP contribution in [0.1, 0.15) is 11.1 Å². The van der Waals surface area contributed by atoms with Crippen molar-refractivity contribution in [1.29, 1.82) is 0 Å². The number of thiophene rings is 2. The van der Waals surface area contributed by atoms with Gasteiger partial charge >= 0.3 is 0 Å². The maximum Gasteiger partial charge on any atom is 0.0635 e. The van der Waals surface area contributed by atoms with Gasteiger partial charge in [-0.3, -0.25) is 0 Å². The highest BCUT2D eigenvalue weighted by Crippen LogP contribution is 2.49. The lowest BCUT2D eigenvalue weighted by Gasteiger charge is -2.11. The van der Waals surface area contributed by atoms with E-state index in [9.17, 15) is 0 Å². The molecule has 0 fully saturated rings. The molecule has 3 heterocycles. The van der Waals surface area contributed by atoms with Gasteiger partial charge in [0.1, 0.15) is 0 Å². The van der Waals surface area contributed by atoms with Crippen molar-refractivity contribution in [3.63, 3.8) is 0 Å². The first-order chi connectivity index (χ1) is 33.0. The maximum absolute atomic E-state index is 3.88. The molecule has 3 aromatic heterocycles. The fraction of sp³-hybridized carbons (Fsp3) is 0.0164. The molecular formula is C61H38Br2INS2. The van der Waals surface area contributed by atoms with E-state index in [1.165, 1.54) is 120 Å². The van der Waals surface area contributed by atoms with E-state index in [0.29, 0.717) is 0 Å². The van der Waals surface area contributed by atoms with Gasteiger partial charge in [-0.1, -0.05) is 164 Å². The van der Waals surface area contributed by atoms with Crippen LogP contribution < -0.4 is 0 Å². The second-order valence-electron chi connectivity index (χ2n) is 16.7. The van der Waals surface area contributed by atoms with Crippen LogP contribution in [0.15, 0.2) is 227 Å². The molecule has 0 amide bonds. The van der Waals surface area contributed by atoms with E-state index in [-0.39, 0.29) is 0 Å². The Morgan fingerprint density at radius 2 is 0.910 bits per heavy atom. The van der Waals surface area contributed by atoms with Crippen LogP contribution in [0, 0.1) is 3.57 Å². The zero-order valence-corrected chi connectivity index (χ0v) is 42.9. The molecule has 1 aliphatic rings. The monoisotopic (exact) mass is 1130 g/mol. The maximum atomic E-state index is 3.88. The van der Waals surface area contributed by atoms with E-state index < -0.39 is 0 Å². The van der Waals surface area contributed by atoms with Crippen LogP contribution in [0.2, 0.25) is 0 Å². The average molecular weight is 1140 g/mol. The van der Waals surface area contributed by atoms with Crippen molar-refractivity contribution in [1.82, 2.24) is 4.57 Å². The van der Waals surface area contributed by atoms with Crippen molar-refractivity contribution in [2.75, 3.05) is 0 Å². The Bertz CT molecular complexity index is 3960. The normalized spacial score (nSPS) is 11.7. The van der Waals surface area contributed by atoms with Crippen LogP contribution in [0.4, 0.5) is 0 Å². The standard InChI is InChI=1S/C30H18BrNS.C19H11BrS.C12H9I/c31-25-18-24-22-10-4-6-12-26(22)32(21-16-14-20(15-17-21)19-8-2-1-3-9-19)29(24)28-23-11-5-7-13-27(23)33-30(25)28;20-16-10-14-12-6-2-1-5-11(12)9-15(14)18-13-7-3-4-8-17(13)21-19(16)18;13-12-8-6-11(7-9-12)10-4-2-1-3-5-10/h1-18H;1-8,10H,9H2;1-9H. The van der Waals surface area contributed by atoms with E-state index in [0.717, 1.165) is 10.9 Å². The van der Waals surface area contributed by atoms with Crippen LogP contribution >= 0.6 is 77.1 Å². The molecule has 1 nitrogen and oxygen atoms in total. The predicted octanol–water partition coefficient (Wildman–Crippen LogP) is 19.9. The number of para-hydroxylation sites is 1. The number of halogens is 3. The Kier molecular flexibility index (Phi) is 11.4. The third-order valence-corrected chi connectivity index (χ3v) is 17.7. The van der Waals surface area contributed by atoms with Crippen LogP contribution in [0.5, 0.6) is 0 Å². The van der Waals surface area contributed by atoms with Crippen molar-refractivity contribution in [3.05, 3.63) is 242 Å². The highest BCUT2D eigenvalue weighted by atomic mass is 127. The van der Waals surface area contributed by atoms with Gasteiger partial charge in [-0.05, 0) is 160 Å². The zero-order chi connectivity index (χ0) is 45.0. The molecule has 0 unspecified atom stereocenters. The molecular weight excluding hydrogens is 1100 g/mol. The largest absolute Gasteiger partial charge is 0.309 e. The Morgan fingerprint density at radius 1 is 0.418 bits per heavy atom. The first-order valence-electron chi connectivity index (χ1n) is 22.2. The molecule has 0 aliphatic heterocycles. The number of benzene rings is 10. The summed E-state index contributed by atoms with van der Waals surface area (Å²) in [5, 5.41) is 8.02. The molecule has 320 valence electrons. The predicted molar refractivity (Wildman–Crippen MR) is 307 cm³/mol. The topological polar surface area (TPSA) is 4.93 Å². The lowest BCUT2D eigenvalue weighted by Crippen LogP contribution is -1.94. The van der Waals surface area contributed by atoms with E-state index in [2.05, 4.69) is 271 Å². The Balaban J connectivity index is 0.000000117. The number of fused-ring (bicyclic) bond motifs is 14. The Morgan fingerprint density at radius 3 is 1.57 bits per heavy atom. The first-order valence-corrected chi connectivity index (χ1v) is 26.5. The van der Waals surface area contributed by atoms with Gasteiger partial charge < -0.3 is 4.57 Å². The minimum Gasteiger partial charge on any atom is -0.309 e. The summed E-state index contributed by atoms with van der Waals surface area (Å²) in [6.45, 7) is 0. The minimum atomic E-state index is 1.05.